The molecule has 23 heavy (non-hydrogen) atoms. The van der Waals surface area contributed by atoms with E-state index in [9.17, 15) is 9.59 Å². The third-order valence-corrected chi connectivity index (χ3v) is 4.39. The minimum atomic E-state index is -0.0662. The van der Waals surface area contributed by atoms with Crippen LogP contribution in [0.2, 0.25) is 0 Å². The predicted octanol–water partition coefficient (Wildman–Crippen LogP) is 1.33. The van der Waals surface area contributed by atoms with E-state index in [2.05, 4.69) is 16.9 Å². The summed E-state index contributed by atoms with van der Waals surface area (Å²) in [7, 11) is 0. The van der Waals surface area contributed by atoms with Crippen molar-refractivity contribution in [3.63, 3.8) is 0 Å². The van der Waals surface area contributed by atoms with E-state index < -0.39 is 0 Å². The molecule has 6 nitrogen and oxygen atoms in total. The molecule has 0 bridgehead atoms. The van der Waals surface area contributed by atoms with Crippen molar-refractivity contribution >= 4 is 23.2 Å². The Morgan fingerprint density at radius 2 is 1.78 bits per heavy atom. The lowest BCUT2D eigenvalue weighted by atomic mass is 10.1. The molecule has 0 unspecified atom stereocenters. The lowest BCUT2D eigenvalue weighted by molar-refractivity contribution is -0.126. The molecule has 1 saturated heterocycles. The third kappa shape index (κ3) is 3.42. The number of para-hydroxylation sites is 1. The van der Waals surface area contributed by atoms with Gasteiger partial charge in [-0.3, -0.25) is 9.59 Å². The minimum Gasteiger partial charge on any atom is -0.335 e. The van der Waals surface area contributed by atoms with Gasteiger partial charge in [0.25, 0.3) is 5.91 Å². The quantitative estimate of drug-likeness (QED) is 0.846. The fraction of sp³-hybridized carbons (Fsp3) is 0.471. The molecule has 0 N–H and O–H groups in total. The Bertz CT molecular complexity index is 606. The SMILES string of the molecule is CCN1CCN(C(=O)C2=NN(c3ccccc3)C(=O)CC2)CC1. The Morgan fingerprint density at radius 1 is 1.09 bits per heavy atom. The van der Waals surface area contributed by atoms with E-state index in [0.717, 1.165) is 32.7 Å². The number of amides is 2. The van der Waals surface area contributed by atoms with Crippen LogP contribution in [0.5, 0.6) is 0 Å². The van der Waals surface area contributed by atoms with Gasteiger partial charge in [-0.1, -0.05) is 25.1 Å². The lowest BCUT2D eigenvalue weighted by Crippen LogP contribution is -2.51. The van der Waals surface area contributed by atoms with Crippen molar-refractivity contribution in [2.45, 2.75) is 19.8 Å². The van der Waals surface area contributed by atoms with Crippen molar-refractivity contribution in [1.82, 2.24) is 9.80 Å². The molecule has 1 fully saturated rings. The van der Waals surface area contributed by atoms with Gasteiger partial charge in [0.2, 0.25) is 5.91 Å². The second kappa shape index (κ2) is 6.91. The lowest BCUT2D eigenvalue weighted by Gasteiger charge is -2.35. The van der Waals surface area contributed by atoms with Gasteiger partial charge in [-0.15, -0.1) is 0 Å². The van der Waals surface area contributed by atoms with E-state index in [0.29, 0.717) is 24.2 Å². The zero-order chi connectivity index (χ0) is 16.2. The maximum atomic E-state index is 12.7. The van der Waals surface area contributed by atoms with Crippen LogP contribution in [0, 0.1) is 0 Å². The van der Waals surface area contributed by atoms with Gasteiger partial charge >= 0.3 is 0 Å². The molecule has 2 heterocycles. The number of hydrogen-bond acceptors (Lipinski definition) is 4. The second-order valence-electron chi connectivity index (χ2n) is 5.81. The number of rotatable bonds is 3. The second-order valence-corrected chi connectivity index (χ2v) is 5.81. The maximum absolute atomic E-state index is 12.7. The molecule has 0 aromatic heterocycles. The molecule has 1 aromatic rings. The van der Waals surface area contributed by atoms with Crippen LogP contribution in [0.15, 0.2) is 35.4 Å². The summed E-state index contributed by atoms with van der Waals surface area (Å²) in [4.78, 5) is 29.0. The first-order valence-corrected chi connectivity index (χ1v) is 8.16. The Balaban J connectivity index is 1.74. The van der Waals surface area contributed by atoms with Gasteiger partial charge < -0.3 is 9.80 Å². The number of nitrogens with zero attached hydrogens (tertiary/aromatic N) is 4. The topological polar surface area (TPSA) is 56.2 Å². The van der Waals surface area contributed by atoms with Crippen molar-refractivity contribution < 1.29 is 9.59 Å². The number of carbonyl (C=O) groups is 2. The number of piperazine rings is 1. The number of likely N-dealkylation sites (N-methyl/N-ethyl adjacent to an activating group) is 1. The fourth-order valence-electron chi connectivity index (χ4n) is 2.93. The monoisotopic (exact) mass is 314 g/mol. The first-order valence-electron chi connectivity index (χ1n) is 8.16. The Kier molecular flexibility index (Phi) is 4.71. The van der Waals surface area contributed by atoms with Gasteiger partial charge in [-0.25, -0.2) is 5.01 Å². The number of carbonyl (C=O) groups excluding carboxylic acids is 2. The van der Waals surface area contributed by atoms with E-state index in [4.69, 9.17) is 0 Å². The number of hydrazone groups is 1. The average molecular weight is 314 g/mol. The highest BCUT2D eigenvalue weighted by Crippen LogP contribution is 2.20. The molecule has 0 spiro atoms. The van der Waals surface area contributed by atoms with Crippen LogP contribution in [-0.4, -0.2) is 60.0 Å². The maximum Gasteiger partial charge on any atom is 0.270 e. The largest absolute Gasteiger partial charge is 0.335 e. The van der Waals surface area contributed by atoms with Crippen molar-refractivity contribution in [3.8, 4) is 0 Å². The summed E-state index contributed by atoms with van der Waals surface area (Å²) >= 11 is 0. The Hall–Kier alpha value is -2.21. The van der Waals surface area contributed by atoms with Crippen molar-refractivity contribution in [1.29, 1.82) is 0 Å². The highest BCUT2D eigenvalue weighted by molar-refractivity contribution is 6.40. The van der Waals surface area contributed by atoms with Gasteiger partial charge in [-0.2, -0.15) is 5.10 Å². The number of hydrogen-bond donors (Lipinski definition) is 0. The van der Waals surface area contributed by atoms with E-state index in [1.807, 2.05) is 35.2 Å². The summed E-state index contributed by atoms with van der Waals surface area (Å²) in [5.41, 5.74) is 1.19. The van der Waals surface area contributed by atoms with Gasteiger partial charge in [0.15, 0.2) is 0 Å². The van der Waals surface area contributed by atoms with Gasteiger partial charge in [-0.05, 0) is 18.7 Å². The zero-order valence-electron chi connectivity index (χ0n) is 13.4. The third-order valence-electron chi connectivity index (χ3n) is 4.39. The van der Waals surface area contributed by atoms with Crippen molar-refractivity contribution in [2.75, 3.05) is 37.7 Å². The smallest absolute Gasteiger partial charge is 0.270 e. The minimum absolute atomic E-state index is 0.0332. The molecule has 6 heteroatoms. The normalized spacial score (nSPS) is 19.7. The first-order chi connectivity index (χ1) is 11.2. The molecule has 2 aliphatic rings. The zero-order valence-corrected chi connectivity index (χ0v) is 13.4. The predicted molar refractivity (Wildman–Crippen MR) is 89.3 cm³/mol. The molecule has 1 aromatic carbocycles. The van der Waals surface area contributed by atoms with Crippen LogP contribution in [0.25, 0.3) is 0 Å². The average Bonchev–Trinajstić information content (AvgIpc) is 2.62. The molecule has 0 aliphatic carbocycles. The van der Waals surface area contributed by atoms with Gasteiger partial charge in [0, 0.05) is 39.0 Å². The van der Waals surface area contributed by atoms with E-state index in [1.165, 1.54) is 5.01 Å². The van der Waals surface area contributed by atoms with E-state index >= 15 is 0 Å². The van der Waals surface area contributed by atoms with E-state index in [1.54, 1.807) is 0 Å². The highest BCUT2D eigenvalue weighted by Gasteiger charge is 2.29. The Labute approximate surface area is 136 Å². The molecular weight excluding hydrogens is 292 g/mol. The number of anilines is 1. The summed E-state index contributed by atoms with van der Waals surface area (Å²) < 4.78 is 0. The molecule has 2 aliphatic heterocycles. The van der Waals surface area contributed by atoms with Crippen molar-refractivity contribution in [2.24, 2.45) is 5.10 Å². The Morgan fingerprint density at radius 3 is 2.43 bits per heavy atom. The standard InChI is InChI=1S/C17H22N4O2/c1-2-19-10-12-20(13-11-19)17(23)15-8-9-16(22)21(18-15)14-6-4-3-5-7-14/h3-7H,2,8-13H2,1H3. The summed E-state index contributed by atoms with van der Waals surface area (Å²) in [6.07, 6.45) is 0.753. The molecular formula is C17H22N4O2. The van der Waals surface area contributed by atoms with E-state index in [-0.39, 0.29) is 11.8 Å². The van der Waals surface area contributed by atoms with Crippen LogP contribution in [0.4, 0.5) is 5.69 Å². The van der Waals surface area contributed by atoms with Crippen LogP contribution in [0.3, 0.4) is 0 Å². The molecule has 3 rings (SSSR count). The summed E-state index contributed by atoms with van der Waals surface area (Å²) in [6, 6.07) is 9.26. The molecule has 122 valence electrons. The van der Waals surface area contributed by atoms with Crippen LogP contribution in [0.1, 0.15) is 19.8 Å². The summed E-state index contributed by atoms with van der Waals surface area (Å²) in [5, 5.41) is 5.70. The summed E-state index contributed by atoms with van der Waals surface area (Å²) in [5.74, 6) is -0.0993. The molecule has 0 atom stereocenters. The highest BCUT2D eigenvalue weighted by atomic mass is 16.2. The molecule has 2 amide bonds. The van der Waals surface area contributed by atoms with Crippen LogP contribution < -0.4 is 5.01 Å². The van der Waals surface area contributed by atoms with Crippen LogP contribution >= 0.6 is 0 Å². The molecule has 0 saturated carbocycles. The van der Waals surface area contributed by atoms with Crippen LogP contribution in [-0.2, 0) is 9.59 Å². The number of benzene rings is 1. The molecule has 0 radical (unpaired) electrons. The first kappa shape index (κ1) is 15.7. The van der Waals surface area contributed by atoms with Gasteiger partial charge in [0.1, 0.15) is 5.71 Å². The fourth-order valence-corrected chi connectivity index (χ4v) is 2.93. The van der Waals surface area contributed by atoms with Crippen molar-refractivity contribution in [3.05, 3.63) is 30.3 Å². The van der Waals surface area contributed by atoms with Gasteiger partial charge in [0.05, 0.1) is 5.69 Å². The summed E-state index contributed by atoms with van der Waals surface area (Å²) in [6.45, 7) is 6.40.